The number of carbonyl (C=O) groups is 2. The number of carbonyl (C=O) groups excluding carboxylic acids is 2. The van der Waals surface area contributed by atoms with Gasteiger partial charge in [0.2, 0.25) is 5.91 Å². The molecule has 1 aliphatic rings. The van der Waals surface area contributed by atoms with E-state index in [-0.39, 0.29) is 18.4 Å². The summed E-state index contributed by atoms with van der Waals surface area (Å²) in [6.07, 6.45) is 2.07. The highest BCUT2D eigenvalue weighted by Crippen LogP contribution is 2.27. The van der Waals surface area contributed by atoms with Gasteiger partial charge < -0.3 is 15.5 Å². The van der Waals surface area contributed by atoms with Gasteiger partial charge in [0.1, 0.15) is 0 Å². The third kappa shape index (κ3) is 5.30. The van der Waals surface area contributed by atoms with Crippen LogP contribution in [-0.2, 0) is 4.79 Å². The molecule has 6 nitrogen and oxygen atoms in total. The average Bonchev–Trinajstić information content (AvgIpc) is 3.26. The van der Waals surface area contributed by atoms with Crippen molar-refractivity contribution in [2.45, 2.75) is 24.7 Å². The Morgan fingerprint density at radius 2 is 1.83 bits per heavy atom. The van der Waals surface area contributed by atoms with Crippen molar-refractivity contribution in [1.29, 1.82) is 5.26 Å². The third-order valence-electron chi connectivity index (χ3n) is 4.77. The van der Waals surface area contributed by atoms with Gasteiger partial charge >= 0.3 is 0 Å². The van der Waals surface area contributed by atoms with Crippen LogP contribution >= 0.6 is 11.8 Å². The number of benzene rings is 2. The van der Waals surface area contributed by atoms with E-state index in [4.69, 9.17) is 5.26 Å². The molecule has 0 unspecified atom stereocenters. The molecule has 0 spiro atoms. The molecular weight excluding hydrogens is 384 g/mol. The van der Waals surface area contributed by atoms with Gasteiger partial charge in [-0.3, -0.25) is 9.59 Å². The lowest BCUT2D eigenvalue weighted by Crippen LogP contribution is -2.30. The van der Waals surface area contributed by atoms with Crippen molar-refractivity contribution in [3.05, 3.63) is 53.6 Å². The number of hydrogen-bond donors (Lipinski definition) is 2. The van der Waals surface area contributed by atoms with Crippen LogP contribution in [0.15, 0.2) is 47.4 Å². The molecule has 1 aliphatic heterocycles. The zero-order valence-corrected chi connectivity index (χ0v) is 17.2. The molecule has 2 aromatic rings. The maximum absolute atomic E-state index is 12.9. The Kier molecular flexibility index (Phi) is 7.14. The summed E-state index contributed by atoms with van der Waals surface area (Å²) in [6.45, 7) is 3.52. The van der Waals surface area contributed by atoms with Crippen LogP contribution in [-0.4, -0.2) is 42.1 Å². The zero-order chi connectivity index (χ0) is 20.6. The van der Waals surface area contributed by atoms with E-state index in [0.717, 1.165) is 36.4 Å². The number of nitriles is 1. The fraction of sp³-hybridized carbons (Fsp3) is 0.318. The summed E-state index contributed by atoms with van der Waals surface area (Å²) in [7, 11) is 0. The largest absolute Gasteiger partial charge is 0.375 e. The van der Waals surface area contributed by atoms with E-state index in [2.05, 4.69) is 16.7 Å². The number of para-hydroxylation sites is 1. The van der Waals surface area contributed by atoms with Crippen molar-refractivity contribution >= 4 is 35.0 Å². The maximum Gasteiger partial charge on any atom is 0.256 e. The van der Waals surface area contributed by atoms with Crippen LogP contribution < -0.4 is 10.6 Å². The lowest BCUT2D eigenvalue weighted by Gasteiger charge is -2.20. The molecule has 0 saturated carbocycles. The fourth-order valence-corrected chi connectivity index (χ4v) is 4.02. The molecule has 0 bridgehead atoms. The Morgan fingerprint density at radius 1 is 1.10 bits per heavy atom. The highest BCUT2D eigenvalue weighted by molar-refractivity contribution is 7.99. The SMILES string of the molecule is Cc1cccc(NCC(=O)Nc2ccccc2SCC#N)c1C(=O)N1CCCC1. The number of rotatable bonds is 7. The van der Waals surface area contributed by atoms with Crippen molar-refractivity contribution in [2.75, 3.05) is 36.0 Å². The predicted octanol–water partition coefficient (Wildman–Crippen LogP) is 3.90. The first-order valence-corrected chi connectivity index (χ1v) is 10.6. The molecule has 0 aliphatic carbocycles. The number of nitrogens with one attached hydrogen (secondary N) is 2. The molecular formula is C22H24N4O2S. The second kappa shape index (κ2) is 9.99. The summed E-state index contributed by atoms with van der Waals surface area (Å²) in [6, 6.07) is 15.1. The summed E-state index contributed by atoms with van der Waals surface area (Å²) >= 11 is 1.38. The first-order chi connectivity index (χ1) is 14.1. The summed E-state index contributed by atoms with van der Waals surface area (Å²) in [5, 5.41) is 14.8. The third-order valence-corrected chi connectivity index (χ3v) is 5.71. The predicted molar refractivity (Wildman–Crippen MR) is 116 cm³/mol. The van der Waals surface area contributed by atoms with Crippen LogP contribution in [0.25, 0.3) is 0 Å². The molecule has 0 aromatic heterocycles. The van der Waals surface area contributed by atoms with Crippen LogP contribution in [0.4, 0.5) is 11.4 Å². The summed E-state index contributed by atoms with van der Waals surface area (Å²) < 4.78 is 0. The molecule has 1 heterocycles. The lowest BCUT2D eigenvalue weighted by molar-refractivity contribution is -0.114. The molecule has 150 valence electrons. The van der Waals surface area contributed by atoms with E-state index < -0.39 is 0 Å². The number of hydrogen-bond acceptors (Lipinski definition) is 5. The summed E-state index contributed by atoms with van der Waals surface area (Å²) in [5.74, 6) is 0.119. The van der Waals surface area contributed by atoms with Crippen molar-refractivity contribution in [3.8, 4) is 6.07 Å². The number of nitrogens with zero attached hydrogens (tertiary/aromatic N) is 2. The monoisotopic (exact) mass is 408 g/mol. The quantitative estimate of drug-likeness (QED) is 0.679. The molecule has 1 saturated heterocycles. The molecule has 29 heavy (non-hydrogen) atoms. The molecule has 0 radical (unpaired) electrons. The van der Waals surface area contributed by atoms with Gasteiger partial charge in [0.25, 0.3) is 5.91 Å². The highest BCUT2D eigenvalue weighted by atomic mass is 32.2. The van der Waals surface area contributed by atoms with Gasteiger partial charge in [-0.1, -0.05) is 24.3 Å². The fourth-order valence-electron chi connectivity index (χ4n) is 3.35. The summed E-state index contributed by atoms with van der Waals surface area (Å²) in [5.41, 5.74) is 2.87. The van der Waals surface area contributed by atoms with Crippen LogP contribution in [0.2, 0.25) is 0 Å². The number of amides is 2. The van der Waals surface area contributed by atoms with Crippen molar-refractivity contribution in [3.63, 3.8) is 0 Å². The van der Waals surface area contributed by atoms with Gasteiger partial charge in [-0.25, -0.2) is 0 Å². The number of aryl methyl sites for hydroxylation is 1. The van der Waals surface area contributed by atoms with E-state index in [0.29, 0.717) is 22.7 Å². The van der Waals surface area contributed by atoms with E-state index in [1.807, 2.05) is 54.3 Å². The van der Waals surface area contributed by atoms with E-state index >= 15 is 0 Å². The van der Waals surface area contributed by atoms with Gasteiger partial charge in [0.05, 0.1) is 29.6 Å². The van der Waals surface area contributed by atoms with Gasteiger partial charge in [-0.15, -0.1) is 11.8 Å². The second-order valence-corrected chi connectivity index (χ2v) is 7.86. The zero-order valence-electron chi connectivity index (χ0n) is 16.4. The number of anilines is 2. The smallest absolute Gasteiger partial charge is 0.256 e. The Morgan fingerprint density at radius 3 is 2.59 bits per heavy atom. The Balaban J connectivity index is 1.68. The Bertz CT molecular complexity index is 933. The number of likely N-dealkylation sites (tertiary alicyclic amines) is 1. The molecule has 7 heteroatoms. The minimum atomic E-state index is -0.212. The van der Waals surface area contributed by atoms with Gasteiger partial charge in [0.15, 0.2) is 0 Å². The van der Waals surface area contributed by atoms with Crippen molar-refractivity contribution < 1.29 is 9.59 Å². The van der Waals surface area contributed by atoms with E-state index in [9.17, 15) is 9.59 Å². The highest BCUT2D eigenvalue weighted by Gasteiger charge is 2.23. The Labute approximate surface area is 175 Å². The van der Waals surface area contributed by atoms with Gasteiger partial charge in [0, 0.05) is 23.7 Å². The average molecular weight is 409 g/mol. The molecule has 3 rings (SSSR count). The minimum absolute atomic E-state index is 0.0155. The molecule has 1 fully saturated rings. The number of thioether (sulfide) groups is 1. The molecule has 2 aromatic carbocycles. The summed E-state index contributed by atoms with van der Waals surface area (Å²) in [4.78, 5) is 28.1. The van der Waals surface area contributed by atoms with E-state index in [1.165, 1.54) is 11.8 Å². The van der Waals surface area contributed by atoms with Crippen LogP contribution in [0, 0.1) is 18.3 Å². The van der Waals surface area contributed by atoms with E-state index in [1.54, 1.807) is 0 Å². The molecule has 2 N–H and O–H groups in total. The van der Waals surface area contributed by atoms with Gasteiger partial charge in [-0.2, -0.15) is 5.26 Å². The maximum atomic E-state index is 12.9. The first kappa shape index (κ1) is 20.7. The van der Waals surface area contributed by atoms with Crippen molar-refractivity contribution in [2.24, 2.45) is 0 Å². The van der Waals surface area contributed by atoms with Crippen molar-refractivity contribution in [1.82, 2.24) is 4.90 Å². The van der Waals surface area contributed by atoms with Crippen LogP contribution in [0.1, 0.15) is 28.8 Å². The van der Waals surface area contributed by atoms with Gasteiger partial charge in [-0.05, 0) is 43.5 Å². The normalized spacial score (nSPS) is 13.0. The first-order valence-electron chi connectivity index (χ1n) is 9.61. The minimum Gasteiger partial charge on any atom is -0.375 e. The molecule has 0 atom stereocenters. The second-order valence-electron chi connectivity index (χ2n) is 6.84. The Hall–Kier alpha value is -2.98. The molecule has 2 amide bonds. The van der Waals surface area contributed by atoms with Crippen LogP contribution in [0.5, 0.6) is 0 Å². The topological polar surface area (TPSA) is 85.2 Å². The van der Waals surface area contributed by atoms with Crippen LogP contribution in [0.3, 0.4) is 0 Å². The standard InChI is InChI=1S/C22H24N4O2S/c1-16-7-6-9-18(21(16)22(28)26-12-4-5-13-26)24-15-20(27)25-17-8-2-3-10-19(17)29-14-11-23/h2-3,6-10,24H,4-5,12-15H2,1H3,(H,25,27). The lowest BCUT2D eigenvalue weighted by atomic mass is 10.0.